The molecule has 3 rings (SSSR count). The molecular formula is C15H20ClNO2. The van der Waals surface area contributed by atoms with Gasteiger partial charge in [0.2, 0.25) is 0 Å². The number of hydrogen-bond donors (Lipinski definition) is 1. The van der Waals surface area contributed by atoms with Gasteiger partial charge in [0, 0.05) is 6.04 Å². The van der Waals surface area contributed by atoms with Crippen molar-refractivity contribution in [2.75, 3.05) is 0 Å². The van der Waals surface area contributed by atoms with Crippen LogP contribution >= 0.6 is 12.4 Å². The Morgan fingerprint density at radius 1 is 1.26 bits per heavy atom. The molecule has 19 heavy (non-hydrogen) atoms. The predicted octanol–water partition coefficient (Wildman–Crippen LogP) is 2.68. The smallest absolute Gasteiger partial charge is 0.323 e. The van der Waals surface area contributed by atoms with Crippen molar-refractivity contribution in [2.24, 2.45) is 5.92 Å². The normalized spacial score (nSPS) is 28.5. The number of carbonyl (C=O) groups is 1. The molecule has 104 valence electrons. The van der Waals surface area contributed by atoms with Gasteiger partial charge in [0.05, 0.1) is 0 Å². The van der Waals surface area contributed by atoms with Gasteiger partial charge in [-0.3, -0.25) is 4.79 Å². The zero-order valence-electron chi connectivity index (χ0n) is 10.9. The zero-order chi connectivity index (χ0) is 12.4. The molecule has 1 unspecified atom stereocenters. The molecule has 4 heteroatoms. The van der Waals surface area contributed by atoms with Crippen LogP contribution in [0.1, 0.15) is 31.2 Å². The third-order valence-corrected chi connectivity index (χ3v) is 4.12. The maximum Gasteiger partial charge on any atom is 0.323 e. The second-order valence-electron chi connectivity index (χ2n) is 5.35. The van der Waals surface area contributed by atoms with E-state index in [4.69, 9.17) is 4.74 Å². The van der Waals surface area contributed by atoms with Gasteiger partial charge in [-0.05, 0) is 30.7 Å². The van der Waals surface area contributed by atoms with Gasteiger partial charge >= 0.3 is 5.97 Å². The first-order chi connectivity index (χ1) is 8.83. The summed E-state index contributed by atoms with van der Waals surface area (Å²) in [5.41, 5.74) is 1.05. The van der Waals surface area contributed by atoms with E-state index in [-0.39, 0.29) is 24.4 Å². The van der Waals surface area contributed by atoms with Crippen LogP contribution < -0.4 is 5.32 Å². The van der Waals surface area contributed by atoms with Crippen LogP contribution in [-0.4, -0.2) is 18.1 Å². The molecule has 1 saturated carbocycles. The molecule has 1 aliphatic heterocycles. The van der Waals surface area contributed by atoms with E-state index in [1.807, 2.05) is 30.3 Å². The largest absolute Gasteiger partial charge is 0.460 e. The molecule has 2 aliphatic rings. The first kappa shape index (κ1) is 14.4. The number of nitrogens with one attached hydrogen (secondary N) is 1. The van der Waals surface area contributed by atoms with Crippen LogP contribution in [0.15, 0.2) is 30.3 Å². The highest BCUT2D eigenvalue weighted by Gasteiger charge is 2.40. The van der Waals surface area contributed by atoms with E-state index in [0.717, 1.165) is 12.0 Å². The Hall–Kier alpha value is -1.06. The van der Waals surface area contributed by atoms with Crippen LogP contribution in [0.25, 0.3) is 0 Å². The predicted molar refractivity (Wildman–Crippen MR) is 76.2 cm³/mol. The van der Waals surface area contributed by atoms with Crippen LogP contribution in [0.4, 0.5) is 0 Å². The Bertz CT molecular complexity index is 411. The summed E-state index contributed by atoms with van der Waals surface area (Å²) < 4.78 is 5.38. The van der Waals surface area contributed by atoms with Gasteiger partial charge in [0.1, 0.15) is 12.6 Å². The third kappa shape index (κ3) is 3.28. The van der Waals surface area contributed by atoms with Crippen LogP contribution in [0.3, 0.4) is 0 Å². The Morgan fingerprint density at radius 2 is 2.05 bits per heavy atom. The number of esters is 1. The number of carbonyl (C=O) groups excluding carboxylic acids is 1. The van der Waals surface area contributed by atoms with Crippen molar-refractivity contribution >= 4 is 18.4 Å². The molecule has 0 radical (unpaired) electrons. The van der Waals surface area contributed by atoms with Crippen molar-refractivity contribution in [3.05, 3.63) is 35.9 Å². The maximum absolute atomic E-state index is 12.0. The summed E-state index contributed by atoms with van der Waals surface area (Å²) in [5, 5.41) is 3.41. The highest BCUT2D eigenvalue weighted by Crippen LogP contribution is 2.34. The fourth-order valence-electron chi connectivity index (χ4n) is 3.16. The van der Waals surface area contributed by atoms with Crippen LogP contribution in [-0.2, 0) is 16.1 Å². The molecule has 1 aromatic rings. The molecule has 3 atom stereocenters. The lowest BCUT2D eigenvalue weighted by Crippen LogP contribution is -2.36. The van der Waals surface area contributed by atoms with Crippen LogP contribution in [0, 0.1) is 5.92 Å². The second kappa shape index (κ2) is 6.40. The molecule has 0 aromatic heterocycles. The molecule has 1 saturated heterocycles. The monoisotopic (exact) mass is 281 g/mol. The molecule has 1 heterocycles. The quantitative estimate of drug-likeness (QED) is 0.866. The number of ether oxygens (including phenoxy) is 1. The molecule has 0 spiro atoms. The molecule has 1 N–H and O–H groups in total. The van der Waals surface area contributed by atoms with E-state index < -0.39 is 0 Å². The molecule has 0 bridgehead atoms. The fourth-order valence-corrected chi connectivity index (χ4v) is 3.16. The fraction of sp³-hybridized carbons (Fsp3) is 0.533. The van der Waals surface area contributed by atoms with Gasteiger partial charge < -0.3 is 10.1 Å². The molecular weight excluding hydrogens is 262 g/mol. The van der Waals surface area contributed by atoms with E-state index in [1.165, 1.54) is 19.3 Å². The zero-order valence-corrected chi connectivity index (χ0v) is 11.7. The van der Waals surface area contributed by atoms with Crippen molar-refractivity contribution < 1.29 is 9.53 Å². The van der Waals surface area contributed by atoms with Gasteiger partial charge in [-0.1, -0.05) is 36.8 Å². The Balaban J connectivity index is 0.00000133. The summed E-state index contributed by atoms with van der Waals surface area (Å²) >= 11 is 0. The van der Waals surface area contributed by atoms with Gasteiger partial charge in [-0.2, -0.15) is 0 Å². The van der Waals surface area contributed by atoms with E-state index in [0.29, 0.717) is 18.6 Å². The number of fused-ring (bicyclic) bond motifs is 1. The highest BCUT2D eigenvalue weighted by molar-refractivity contribution is 5.85. The van der Waals surface area contributed by atoms with Crippen molar-refractivity contribution in [3.8, 4) is 0 Å². The Kier molecular flexibility index (Phi) is 4.83. The van der Waals surface area contributed by atoms with Crippen molar-refractivity contribution in [3.63, 3.8) is 0 Å². The van der Waals surface area contributed by atoms with Crippen molar-refractivity contribution in [1.29, 1.82) is 0 Å². The van der Waals surface area contributed by atoms with Gasteiger partial charge in [-0.25, -0.2) is 0 Å². The lowest BCUT2D eigenvalue weighted by molar-refractivity contribution is -0.147. The topological polar surface area (TPSA) is 38.3 Å². The van der Waals surface area contributed by atoms with Crippen molar-refractivity contribution in [2.45, 2.75) is 44.4 Å². The molecule has 0 amide bonds. The summed E-state index contributed by atoms with van der Waals surface area (Å²) in [7, 11) is 0. The summed E-state index contributed by atoms with van der Waals surface area (Å²) in [4.78, 5) is 12.0. The summed E-state index contributed by atoms with van der Waals surface area (Å²) in [6.45, 7) is 0.382. The minimum Gasteiger partial charge on any atom is -0.460 e. The van der Waals surface area contributed by atoms with Gasteiger partial charge in [0.15, 0.2) is 0 Å². The summed E-state index contributed by atoms with van der Waals surface area (Å²) in [5.74, 6) is 0.604. The lowest BCUT2D eigenvalue weighted by atomic mass is 10.0. The Morgan fingerprint density at radius 3 is 2.79 bits per heavy atom. The first-order valence-electron chi connectivity index (χ1n) is 6.79. The average Bonchev–Trinajstić information content (AvgIpc) is 2.98. The standard InChI is InChI=1S/C15H19NO2.ClH/c17-15(18-10-11-5-2-1-3-6-11)14-9-12-7-4-8-13(12)16-14;/h1-3,5-6,12-14,16H,4,7-10H2;1H/t12-,13-,14?;/m0./s1. The van der Waals surface area contributed by atoms with Crippen LogP contribution in [0.2, 0.25) is 0 Å². The van der Waals surface area contributed by atoms with E-state index in [9.17, 15) is 4.79 Å². The average molecular weight is 282 g/mol. The minimum atomic E-state index is -0.0896. The molecule has 2 fully saturated rings. The number of halogens is 1. The molecule has 3 nitrogen and oxygen atoms in total. The summed E-state index contributed by atoms with van der Waals surface area (Å²) in [6.07, 6.45) is 4.74. The van der Waals surface area contributed by atoms with Gasteiger partial charge in [0.25, 0.3) is 0 Å². The maximum atomic E-state index is 12.0. The second-order valence-corrected chi connectivity index (χ2v) is 5.35. The van der Waals surface area contributed by atoms with Gasteiger partial charge in [-0.15, -0.1) is 12.4 Å². The SMILES string of the molecule is Cl.O=C(OCc1ccccc1)C1C[C@@H]2CCC[C@@H]2N1. The van der Waals surface area contributed by atoms with Crippen molar-refractivity contribution in [1.82, 2.24) is 5.32 Å². The first-order valence-corrected chi connectivity index (χ1v) is 6.79. The third-order valence-electron chi connectivity index (χ3n) is 4.12. The number of hydrogen-bond acceptors (Lipinski definition) is 3. The number of benzene rings is 1. The van der Waals surface area contributed by atoms with E-state index in [1.54, 1.807) is 0 Å². The lowest BCUT2D eigenvalue weighted by Gasteiger charge is -2.12. The molecule has 1 aromatic carbocycles. The summed E-state index contributed by atoms with van der Waals surface area (Å²) in [6, 6.07) is 10.3. The van der Waals surface area contributed by atoms with E-state index in [2.05, 4.69) is 5.32 Å². The minimum absolute atomic E-state index is 0. The number of rotatable bonds is 3. The highest BCUT2D eigenvalue weighted by atomic mass is 35.5. The Labute approximate surface area is 120 Å². The van der Waals surface area contributed by atoms with Crippen LogP contribution in [0.5, 0.6) is 0 Å². The molecule has 1 aliphatic carbocycles. The van der Waals surface area contributed by atoms with E-state index >= 15 is 0 Å².